The molecule has 7 nitrogen and oxygen atoms in total. The highest BCUT2D eigenvalue weighted by Crippen LogP contribution is 2.30. The third-order valence-corrected chi connectivity index (χ3v) is 10.5. The maximum Gasteiger partial charge on any atom is 0.254 e. The Balaban J connectivity index is 0.905. The number of rotatable bonds is 20. The molecule has 0 bridgehead atoms. The van der Waals surface area contributed by atoms with Crippen LogP contribution in [0.1, 0.15) is 63.7 Å². The molecule has 0 aliphatic carbocycles. The van der Waals surface area contributed by atoms with Crippen molar-refractivity contribution in [1.82, 2.24) is 15.5 Å². The average Bonchev–Trinajstić information content (AvgIpc) is 3.76. The number of hydrogen-bond donors (Lipinski definition) is 2. The van der Waals surface area contributed by atoms with Crippen molar-refractivity contribution in [3.63, 3.8) is 0 Å². The van der Waals surface area contributed by atoms with Crippen molar-refractivity contribution in [2.24, 2.45) is 5.92 Å². The van der Waals surface area contributed by atoms with Gasteiger partial charge in [0, 0.05) is 50.9 Å². The van der Waals surface area contributed by atoms with Gasteiger partial charge in [0.15, 0.2) is 0 Å². The normalized spacial score (nSPS) is 12.1. The number of aryl methyl sites for hydroxylation is 1. The zero-order chi connectivity index (χ0) is 40.2. The molecule has 0 fully saturated rings. The highest BCUT2D eigenvalue weighted by Gasteiger charge is 2.20. The van der Waals surface area contributed by atoms with Gasteiger partial charge in [0.25, 0.3) is 5.91 Å². The zero-order valence-corrected chi connectivity index (χ0v) is 32.9. The molecule has 55 heavy (non-hydrogen) atoms. The molecule has 0 radical (unpaired) electrons. The molecule has 286 valence electrons. The summed E-state index contributed by atoms with van der Waals surface area (Å²) in [5.74, 6) is 1.50. The minimum atomic E-state index is -1.44. The highest BCUT2D eigenvalue weighted by molar-refractivity contribution is 7.13. The van der Waals surface area contributed by atoms with Crippen molar-refractivity contribution in [3.05, 3.63) is 131 Å². The number of carbonyl (C=O) groups is 2. The maximum atomic E-state index is 13.7. The lowest BCUT2D eigenvalue weighted by atomic mass is 9.94. The summed E-state index contributed by atoms with van der Waals surface area (Å²) in [6, 6.07) is 36.1. The summed E-state index contributed by atoms with van der Waals surface area (Å²) in [6.45, 7) is 6.92. The number of ether oxygens (including phenoxy) is 2. The van der Waals surface area contributed by atoms with Crippen LogP contribution in [0.25, 0.3) is 32.0 Å². The van der Waals surface area contributed by atoms with Gasteiger partial charge in [-0.1, -0.05) is 80.6 Å². The summed E-state index contributed by atoms with van der Waals surface area (Å²) in [5, 5.41) is 12.7. The van der Waals surface area contributed by atoms with E-state index in [0.29, 0.717) is 75.5 Å². The molecule has 0 aliphatic heterocycles. The van der Waals surface area contributed by atoms with Crippen LogP contribution in [-0.4, -0.2) is 56.6 Å². The second kappa shape index (κ2) is 19.9. The van der Waals surface area contributed by atoms with E-state index in [9.17, 15) is 9.59 Å². The Labute approximate surface area is 332 Å². The SMILES string of the molecule is [2H]C([2H])(CNCCCNC(=O)CCCOc1ccc(CN(CC(C)C)C(=O)c2ccc(-c3cccs3)cc2)c(OC)c1)Cc1c2ccccc2cc2ccccc12. The number of amides is 2. The predicted molar refractivity (Wildman–Crippen MR) is 227 cm³/mol. The lowest BCUT2D eigenvalue weighted by Gasteiger charge is -2.26. The third kappa shape index (κ3) is 11.0. The van der Waals surface area contributed by atoms with Gasteiger partial charge in [-0.2, -0.15) is 0 Å². The van der Waals surface area contributed by atoms with E-state index in [4.69, 9.17) is 12.2 Å². The number of hydrogen-bond acceptors (Lipinski definition) is 6. The number of methoxy groups -OCH3 is 1. The van der Waals surface area contributed by atoms with Crippen molar-refractivity contribution in [2.45, 2.75) is 52.4 Å². The van der Waals surface area contributed by atoms with Gasteiger partial charge in [0.05, 0.1) is 13.7 Å². The molecule has 6 rings (SSSR count). The lowest BCUT2D eigenvalue weighted by Crippen LogP contribution is -2.33. The Bertz CT molecular complexity index is 2190. The van der Waals surface area contributed by atoms with Crippen LogP contribution < -0.4 is 20.1 Å². The fourth-order valence-electron chi connectivity index (χ4n) is 6.83. The third-order valence-electron chi connectivity index (χ3n) is 9.53. The summed E-state index contributed by atoms with van der Waals surface area (Å²) in [4.78, 5) is 29.2. The van der Waals surface area contributed by atoms with E-state index >= 15 is 0 Å². The summed E-state index contributed by atoms with van der Waals surface area (Å²) in [6.07, 6.45) is 0.459. The first-order valence-corrected chi connectivity index (χ1v) is 20.1. The van der Waals surface area contributed by atoms with Crippen molar-refractivity contribution in [2.75, 3.05) is 39.9 Å². The Hall–Kier alpha value is -5.18. The van der Waals surface area contributed by atoms with Crippen LogP contribution >= 0.6 is 11.3 Å². The average molecular weight is 758 g/mol. The van der Waals surface area contributed by atoms with Crippen molar-refractivity contribution >= 4 is 44.7 Å². The van der Waals surface area contributed by atoms with Gasteiger partial charge in [-0.05, 0) is 119 Å². The molecule has 0 aliphatic rings. The molecule has 1 heterocycles. The second-order valence-corrected chi connectivity index (χ2v) is 15.1. The van der Waals surface area contributed by atoms with Gasteiger partial charge >= 0.3 is 0 Å². The van der Waals surface area contributed by atoms with Crippen LogP contribution in [0.3, 0.4) is 0 Å². The number of thiophene rings is 1. The van der Waals surface area contributed by atoms with Crippen LogP contribution in [-0.2, 0) is 17.8 Å². The molecule has 2 N–H and O–H groups in total. The van der Waals surface area contributed by atoms with Crippen LogP contribution in [0.15, 0.2) is 115 Å². The van der Waals surface area contributed by atoms with Gasteiger partial charge in [-0.25, -0.2) is 0 Å². The monoisotopic (exact) mass is 757 g/mol. The van der Waals surface area contributed by atoms with Gasteiger partial charge < -0.3 is 25.0 Å². The summed E-state index contributed by atoms with van der Waals surface area (Å²) < 4.78 is 29.2. The molecule has 0 spiro atoms. The topological polar surface area (TPSA) is 79.9 Å². The molecule has 0 atom stereocenters. The molecule has 0 saturated carbocycles. The first-order valence-electron chi connectivity index (χ1n) is 20.2. The van der Waals surface area contributed by atoms with E-state index in [-0.39, 0.29) is 24.3 Å². The second-order valence-electron chi connectivity index (χ2n) is 14.2. The largest absolute Gasteiger partial charge is 0.496 e. The van der Waals surface area contributed by atoms with Crippen LogP contribution in [0.5, 0.6) is 11.5 Å². The number of benzene rings is 5. The molecule has 0 unspecified atom stereocenters. The zero-order valence-electron chi connectivity index (χ0n) is 34.1. The molecule has 8 heteroatoms. The van der Waals surface area contributed by atoms with Gasteiger partial charge in [-0.3, -0.25) is 9.59 Å². The van der Waals surface area contributed by atoms with Crippen molar-refractivity contribution in [1.29, 1.82) is 0 Å². The Morgan fingerprint density at radius 1 is 0.836 bits per heavy atom. The standard InChI is InChI=1S/C47H53N3O4S/c1-34(2)32-50(47(52)36-21-19-35(20-22-36)45-17-10-29-55-45)33-39-23-24-40(31-44(39)53-3)54-28-9-18-46(51)49-27-11-26-48-25-8-16-43-41-14-6-4-12-37(41)30-38-13-5-7-15-42(38)43/h4-7,10,12-15,17,19-24,29-31,34,48H,8-9,11,16,18,25-28,32-33H2,1-3H3,(H,49,51)/i8D2. The Kier molecular flexibility index (Phi) is 13.3. The van der Waals surface area contributed by atoms with Gasteiger partial charge in [-0.15, -0.1) is 11.3 Å². The van der Waals surface area contributed by atoms with E-state index in [1.807, 2.05) is 83.1 Å². The number of nitrogens with one attached hydrogen (secondary N) is 2. The first-order chi connectivity index (χ1) is 27.6. The number of nitrogens with zero attached hydrogens (tertiary/aromatic N) is 1. The van der Waals surface area contributed by atoms with Crippen LogP contribution in [0.4, 0.5) is 0 Å². The van der Waals surface area contributed by atoms with Crippen molar-refractivity contribution in [3.8, 4) is 21.9 Å². The fourth-order valence-corrected chi connectivity index (χ4v) is 7.56. The van der Waals surface area contributed by atoms with E-state index in [1.165, 1.54) is 4.88 Å². The van der Waals surface area contributed by atoms with Crippen LogP contribution in [0, 0.1) is 5.92 Å². The first kappa shape index (κ1) is 36.8. The summed E-state index contributed by atoms with van der Waals surface area (Å²) in [5.41, 5.74) is 3.67. The van der Waals surface area contributed by atoms with Crippen LogP contribution in [0.2, 0.25) is 0 Å². The van der Waals surface area contributed by atoms with E-state index < -0.39 is 6.37 Å². The quantitative estimate of drug-likeness (QED) is 0.0599. The van der Waals surface area contributed by atoms with Gasteiger partial charge in [0.2, 0.25) is 5.91 Å². The molecule has 1 aromatic heterocycles. The molecular weight excluding hydrogens is 703 g/mol. The Morgan fingerprint density at radius 3 is 2.27 bits per heavy atom. The molecule has 6 aromatic rings. The van der Waals surface area contributed by atoms with E-state index in [2.05, 4.69) is 60.9 Å². The van der Waals surface area contributed by atoms with E-state index in [1.54, 1.807) is 18.4 Å². The minimum absolute atomic E-state index is 0.0252. The summed E-state index contributed by atoms with van der Waals surface area (Å²) in [7, 11) is 1.62. The number of fused-ring (bicyclic) bond motifs is 2. The number of carbonyl (C=O) groups excluding carboxylic acids is 2. The maximum absolute atomic E-state index is 13.7. The predicted octanol–water partition coefficient (Wildman–Crippen LogP) is 9.92. The Morgan fingerprint density at radius 2 is 1.58 bits per heavy atom. The minimum Gasteiger partial charge on any atom is -0.496 e. The van der Waals surface area contributed by atoms with Gasteiger partial charge in [0.1, 0.15) is 11.5 Å². The molecular formula is C47H53N3O4S. The molecule has 2 amide bonds. The fraction of sp³-hybridized carbons (Fsp3) is 0.319. The van der Waals surface area contributed by atoms with Crippen molar-refractivity contribution < 1.29 is 21.8 Å². The molecule has 0 saturated heterocycles. The van der Waals surface area contributed by atoms with E-state index in [0.717, 1.165) is 38.2 Å². The molecule has 5 aromatic carbocycles. The highest BCUT2D eigenvalue weighted by atomic mass is 32.1. The summed E-state index contributed by atoms with van der Waals surface area (Å²) >= 11 is 1.68. The lowest BCUT2D eigenvalue weighted by molar-refractivity contribution is -0.121. The smallest absolute Gasteiger partial charge is 0.254 e.